The van der Waals surface area contributed by atoms with Crippen LogP contribution < -0.4 is 5.73 Å². The number of rotatable bonds is 2. The van der Waals surface area contributed by atoms with Crippen LogP contribution in [0.3, 0.4) is 0 Å². The first-order valence-corrected chi connectivity index (χ1v) is 4.85. The Balaban J connectivity index is 0.00000289. The minimum Gasteiger partial charge on any atom is -0.468 e. The molecule has 0 aliphatic carbocycles. The molecule has 0 fully saturated rings. The Labute approximate surface area is 112 Å². The van der Waals surface area contributed by atoms with Gasteiger partial charge in [0.2, 0.25) is 0 Å². The molecule has 1 aromatic rings. The van der Waals surface area contributed by atoms with E-state index in [-0.39, 0.29) is 18.0 Å². The van der Waals surface area contributed by atoms with Crippen molar-refractivity contribution >= 4 is 30.0 Å². The van der Waals surface area contributed by atoms with Crippen LogP contribution in [-0.2, 0) is 15.7 Å². The van der Waals surface area contributed by atoms with Crippen molar-refractivity contribution in [1.82, 2.24) is 0 Å². The molecule has 0 aromatic heterocycles. The van der Waals surface area contributed by atoms with Gasteiger partial charge in [-0.3, -0.25) is 4.79 Å². The summed E-state index contributed by atoms with van der Waals surface area (Å²) in [6.45, 7) is 0. The second kappa shape index (κ2) is 6.26. The number of carbonyl (C=O) groups excluding carboxylic acids is 1. The van der Waals surface area contributed by atoms with Crippen LogP contribution in [0.5, 0.6) is 0 Å². The van der Waals surface area contributed by atoms with E-state index in [1.54, 1.807) is 0 Å². The zero-order chi connectivity index (χ0) is 13.2. The summed E-state index contributed by atoms with van der Waals surface area (Å²) >= 11 is 5.42. The van der Waals surface area contributed by atoms with Gasteiger partial charge in [0.1, 0.15) is 6.04 Å². The summed E-state index contributed by atoms with van der Waals surface area (Å²) in [6.07, 6.45) is -4.59. The summed E-state index contributed by atoms with van der Waals surface area (Å²) in [7, 11) is 1.10. The Morgan fingerprint density at radius 3 is 2.44 bits per heavy atom. The molecule has 0 aliphatic rings. The van der Waals surface area contributed by atoms with Gasteiger partial charge in [0.25, 0.3) is 0 Å². The first kappa shape index (κ1) is 17.0. The van der Waals surface area contributed by atoms with Crippen LogP contribution in [0.1, 0.15) is 17.2 Å². The molecule has 0 amide bonds. The zero-order valence-corrected chi connectivity index (χ0v) is 10.7. The largest absolute Gasteiger partial charge is 0.468 e. The Bertz CT molecular complexity index is 438. The maximum Gasteiger partial charge on any atom is 0.417 e. The predicted molar refractivity (Wildman–Crippen MR) is 62.6 cm³/mol. The molecule has 0 aliphatic heterocycles. The summed E-state index contributed by atoms with van der Waals surface area (Å²) < 4.78 is 41.9. The van der Waals surface area contributed by atoms with Crippen molar-refractivity contribution in [2.75, 3.05) is 7.11 Å². The van der Waals surface area contributed by atoms with Crippen LogP contribution in [-0.4, -0.2) is 13.1 Å². The molecule has 0 saturated heterocycles. The number of methoxy groups -OCH3 is 1. The average Bonchev–Trinajstić information content (AvgIpc) is 2.26. The van der Waals surface area contributed by atoms with Crippen LogP contribution in [0, 0.1) is 0 Å². The third-order valence-corrected chi connectivity index (χ3v) is 2.44. The summed E-state index contributed by atoms with van der Waals surface area (Å²) in [5, 5.41) is -0.446. The molecule has 3 nitrogen and oxygen atoms in total. The summed E-state index contributed by atoms with van der Waals surface area (Å²) in [5.74, 6) is -0.819. The number of ether oxygens (including phenoxy) is 1. The second-order valence-electron chi connectivity index (χ2n) is 3.24. The molecule has 0 bridgehead atoms. The van der Waals surface area contributed by atoms with E-state index in [9.17, 15) is 18.0 Å². The highest BCUT2D eigenvalue weighted by Gasteiger charge is 2.34. The number of hydrogen-bond donors (Lipinski definition) is 1. The lowest BCUT2D eigenvalue weighted by Crippen LogP contribution is -2.23. The number of halogens is 5. The summed E-state index contributed by atoms with van der Waals surface area (Å²) in [4.78, 5) is 11.1. The molecule has 18 heavy (non-hydrogen) atoms. The van der Waals surface area contributed by atoms with Crippen LogP contribution >= 0.6 is 24.0 Å². The molecular weight excluding hydrogens is 294 g/mol. The van der Waals surface area contributed by atoms with Gasteiger partial charge in [-0.15, -0.1) is 12.4 Å². The monoisotopic (exact) mass is 303 g/mol. The first-order valence-electron chi connectivity index (χ1n) is 4.47. The van der Waals surface area contributed by atoms with Crippen LogP contribution in [0.4, 0.5) is 13.2 Å². The number of hydrogen-bond acceptors (Lipinski definition) is 3. The minimum absolute atomic E-state index is 0. The van der Waals surface area contributed by atoms with Crippen molar-refractivity contribution in [2.45, 2.75) is 12.2 Å². The second-order valence-corrected chi connectivity index (χ2v) is 3.65. The molecule has 1 atom stereocenters. The Morgan fingerprint density at radius 1 is 1.44 bits per heavy atom. The SMILES string of the molecule is COC(=O)[C@H](N)c1ccc(Cl)c(C(F)(F)F)c1.Cl. The minimum atomic E-state index is -4.59. The van der Waals surface area contributed by atoms with Gasteiger partial charge < -0.3 is 10.5 Å². The van der Waals surface area contributed by atoms with E-state index in [1.165, 1.54) is 6.07 Å². The van der Waals surface area contributed by atoms with Crippen molar-refractivity contribution in [1.29, 1.82) is 0 Å². The molecule has 0 unspecified atom stereocenters. The molecular formula is C10H10Cl2F3NO2. The van der Waals surface area contributed by atoms with Gasteiger partial charge in [-0.2, -0.15) is 13.2 Å². The lowest BCUT2D eigenvalue weighted by atomic mass is 10.0. The predicted octanol–water partition coefficient (Wildman–Crippen LogP) is 2.95. The van der Waals surface area contributed by atoms with Crippen molar-refractivity contribution < 1.29 is 22.7 Å². The average molecular weight is 304 g/mol. The van der Waals surface area contributed by atoms with E-state index in [4.69, 9.17) is 17.3 Å². The number of alkyl halides is 3. The topological polar surface area (TPSA) is 52.3 Å². The molecule has 2 N–H and O–H groups in total. The molecule has 8 heteroatoms. The third-order valence-electron chi connectivity index (χ3n) is 2.11. The smallest absolute Gasteiger partial charge is 0.417 e. The fraction of sp³-hybridized carbons (Fsp3) is 0.300. The lowest BCUT2D eigenvalue weighted by Gasteiger charge is -2.14. The van der Waals surface area contributed by atoms with Gasteiger partial charge in [0.05, 0.1) is 17.7 Å². The molecule has 0 heterocycles. The van der Waals surface area contributed by atoms with Gasteiger partial charge in [0, 0.05) is 0 Å². The van der Waals surface area contributed by atoms with Crippen LogP contribution in [0.25, 0.3) is 0 Å². The number of esters is 1. The third kappa shape index (κ3) is 3.76. The van der Waals surface area contributed by atoms with E-state index in [2.05, 4.69) is 4.74 Å². The Kier molecular flexibility index (Phi) is 5.92. The zero-order valence-electron chi connectivity index (χ0n) is 9.12. The quantitative estimate of drug-likeness (QED) is 0.855. The number of benzene rings is 1. The van der Waals surface area contributed by atoms with E-state index < -0.39 is 28.8 Å². The highest BCUT2D eigenvalue weighted by atomic mass is 35.5. The number of carbonyl (C=O) groups is 1. The summed E-state index contributed by atoms with van der Waals surface area (Å²) in [6, 6.07) is 1.77. The van der Waals surface area contributed by atoms with E-state index >= 15 is 0 Å². The van der Waals surface area contributed by atoms with Crippen molar-refractivity contribution in [3.63, 3.8) is 0 Å². The summed E-state index contributed by atoms with van der Waals surface area (Å²) in [5.41, 5.74) is 4.39. The molecule has 0 saturated carbocycles. The fourth-order valence-corrected chi connectivity index (χ4v) is 1.44. The first-order chi connectivity index (χ1) is 7.77. The van der Waals surface area contributed by atoms with Crippen LogP contribution in [0.15, 0.2) is 18.2 Å². The van der Waals surface area contributed by atoms with E-state index in [0.717, 1.165) is 19.2 Å². The highest BCUT2D eigenvalue weighted by Crippen LogP contribution is 2.35. The molecule has 102 valence electrons. The fourth-order valence-electron chi connectivity index (χ4n) is 1.22. The van der Waals surface area contributed by atoms with Crippen molar-refractivity contribution in [3.05, 3.63) is 34.3 Å². The van der Waals surface area contributed by atoms with E-state index in [1.807, 2.05) is 0 Å². The maximum absolute atomic E-state index is 12.5. The van der Waals surface area contributed by atoms with Gasteiger partial charge in [-0.25, -0.2) is 0 Å². The number of nitrogens with two attached hydrogens (primary N) is 1. The molecule has 0 spiro atoms. The maximum atomic E-state index is 12.5. The Hall–Kier alpha value is -0.980. The molecule has 1 aromatic carbocycles. The standard InChI is InChI=1S/C10H9ClF3NO2.ClH/c1-17-9(16)8(15)5-2-3-7(11)6(4-5)10(12,13)14;/h2-4,8H,15H2,1H3;1H/t8-;/m1./s1. The van der Waals surface area contributed by atoms with Crippen molar-refractivity contribution in [3.8, 4) is 0 Å². The highest BCUT2D eigenvalue weighted by molar-refractivity contribution is 6.31. The van der Waals surface area contributed by atoms with Crippen LogP contribution in [0.2, 0.25) is 5.02 Å². The normalized spacial score (nSPS) is 12.6. The van der Waals surface area contributed by atoms with E-state index in [0.29, 0.717) is 0 Å². The van der Waals surface area contributed by atoms with Crippen molar-refractivity contribution in [2.24, 2.45) is 5.73 Å². The van der Waals surface area contributed by atoms with Gasteiger partial charge in [-0.1, -0.05) is 17.7 Å². The molecule has 0 radical (unpaired) electrons. The van der Waals surface area contributed by atoms with Gasteiger partial charge in [0.15, 0.2) is 0 Å². The molecule has 1 rings (SSSR count). The lowest BCUT2D eigenvalue weighted by molar-refractivity contribution is -0.142. The Morgan fingerprint density at radius 2 is 2.00 bits per heavy atom. The van der Waals surface area contributed by atoms with Gasteiger partial charge in [-0.05, 0) is 17.7 Å². The van der Waals surface area contributed by atoms with Gasteiger partial charge >= 0.3 is 12.1 Å².